The third kappa shape index (κ3) is 7.81. The first-order valence-corrected chi connectivity index (χ1v) is 15.9. The van der Waals surface area contributed by atoms with E-state index >= 15 is 0 Å². The number of nitrogens with one attached hydrogen (secondary N) is 1. The molecule has 2 aliphatic heterocycles. The maximum atomic E-state index is 14.4. The molecule has 0 bridgehead atoms. The number of rotatable bonds is 7. The van der Waals surface area contributed by atoms with Gasteiger partial charge in [-0.15, -0.1) is 0 Å². The van der Waals surface area contributed by atoms with Gasteiger partial charge in [-0.3, -0.25) is 14.5 Å². The van der Waals surface area contributed by atoms with E-state index in [0.29, 0.717) is 5.56 Å². The first kappa shape index (κ1) is 34.7. The molecule has 4 rings (SSSR count). The van der Waals surface area contributed by atoms with E-state index < -0.39 is 47.4 Å². The zero-order chi connectivity index (χ0) is 34.0. The summed E-state index contributed by atoms with van der Waals surface area (Å²) < 4.78 is 11.2. The third-order valence-electron chi connectivity index (χ3n) is 8.16. The molecule has 2 heterocycles. The van der Waals surface area contributed by atoms with Crippen LogP contribution >= 0.6 is 0 Å². The largest absolute Gasteiger partial charge is 0.445 e. The van der Waals surface area contributed by atoms with Crippen molar-refractivity contribution in [1.29, 1.82) is 0 Å². The van der Waals surface area contributed by atoms with Crippen LogP contribution in [-0.4, -0.2) is 80.5 Å². The Morgan fingerprint density at radius 2 is 1.59 bits per heavy atom. The van der Waals surface area contributed by atoms with Gasteiger partial charge in [0.25, 0.3) is 11.8 Å². The highest BCUT2D eigenvalue weighted by Gasteiger charge is 2.63. The molecule has 2 aromatic rings. The lowest BCUT2D eigenvalue weighted by atomic mass is 9.86. The molecule has 3 atom stereocenters. The number of hydrazine groups is 1. The van der Waals surface area contributed by atoms with E-state index in [-0.39, 0.29) is 43.9 Å². The van der Waals surface area contributed by atoms with Gasteiger partial charge in [-0.1, -0.05) is 77.1 Å². The maximum Gasteiger partial charge on any atom is 0.429 e. The number of ether oxygens (including phenoxy) is 2. The molecule has 11 nitrogen and oxygen atoms in total. The quantitative estimate of drug-likeness (QED) is 0.426. The SMILES string of the molecule is CC(C)C[C@H](NC(=O)c1ccc(C(C)(C)C)cc1)C(=O)N1N(C(=O)OC(C)(C)C)C[C@H]2N(C(=O)OCc3ccccc3)CC[C@]21O. The van der Waals surface area contributed by atoms with Gasteiger partial charge >= 0.3 is 12.2 Å². The van der Waals surface area contributed by atoms with Crippen LogP contribution in [0.1, 0.15) is 89.7 Å². The number of benzene rings is 2. The Labute approximate surface area is 271 Å². The van der Waals surface area contributed by atoms with E-state index in [1.54, 1.807) is 32.9 Å². The normalized spacial score (nSPS) is 20.4. The van der Waals surface area contributed by atoms with Crippen molar-refractivity contribution >= 4 is 24.0 Å². The van der Waals surface area contributed by atoms with Gasteiger partial charge < -0.3 is 19.9 Å². The van der Waals surface area contributed by atoms with E-state index in [1.807, 2.05) is 56.3 Å². The number of aliphatic hydroxyl groups is 1. The minimum atomic E-state index is -1.94. The zero-order valence-corrected chi connectivity index (χ0v) is 28.2. The van der Waals surface area contributed by atoms with E-state index in [4.69, 9.17) is 9.47 Å². The van der Waals surface area contributed by atoms with E-state index in [0.717, 1.165) is 21.1 Å². The first-order chi connectivity index (χ1) is 21.4. The molecule has 2 aromatic carbocycles. The molecule has 4 amide bonds. The lowest BCUT2D eigenvalue weighted by molar-refractivity contribution is -0.184. The number of likely N-dealkylation sites (tertiary alicyclic amines) is 1. The van der Waals surface area contributed by atoms with Crippen molar-refractivity contribution in [1.82, 2.24) is 20.2 Å². The molecule has 0 aromatic heterocycles. The number of carbonyl (C=O) groups is 4. The van der Waals surface area contributed by atoms with Crippen LogP contribution in [-0.2, 0) is 26.3 Å². The maximum absolute atomic E-state index is 14.4. The summed E-state index contributed by atoms with van der Waals surface area (Å²) in [7, 11) is 0. The minimum Gasteiger partial charge on any atom is -0.445 e. The summed E-state index contributed by atoms with van der Waals surface area (Å²) in [6.45, 7) is 15.1. The van der Waals surface area contributed by atoms with Gasteiger partial charge in [-0.25, -0.2) is 19.6 Å². The standard InChI is InChI=1S/C35H48N4O7/c1-23(2)20-27(36-29(40)25-14-16-26(17-15-25)33(3,4)5)30(41)39-35(44)18-19-37(31(42)45-22-24-12-10-9-11-13-24)28(35)21-38(39)32(43)46-34(6,7)8/h9-17,23,27-28,44H,18-22H2,1-8H3,(H,36,40)/t27-,28+,35-/m0/s1. The number of carbonyl (C=O) groups excluding carboxylic acids is 4. The third-order valence-corrected chi connectivity index (χ3v) is 8.16. The van der Waals surface area contributed by atoms with Gasteiger partial charge in [0.15, 0.2) is 5.72 Å². The fourth-order valence-electron chi connectivity index (χ4n) is 5.81. The fraction of sp³-hybridized carbons (Fsp3) is 0.543. The average Bonchev–Trinajstić information content (AvgIpc) is 3.45. The minimum absolute atomic E-state index is 0.0198. The summed E-state index contributed by atoms with van der Waals surface area (Å²) in [5, 5.41) is 17.0. The molecule has 2 aliphatic rings. The second-order valence-corrected chi connectivity index (χ2v) is 14.6. The van der Waals surface area contributed by atoms with Crippen molar-refractivity contribution in [3.63, 3.8) is 0 Å². The topological polar surface area (TPSA) is 129 Å². The molecule has 0 saturated carbocycles. The Morgan fingerprint density at radius 3 is 2.15 bits per heavy atom. The number of amides is 4. The second kappa shape index (κ2) is 13.3. The Hall–Kier alpha value is -4.12. The van der Waals surface area contributed by atoms with Crippen LogP contribution in [0.4, 0.5) is 9.59 Å². The highest BCUT2D eigenvalue weighted by atomic mass is 16.6. The first-order valence-electron chi connectivity index (χ1n) is 15.9. The van der Waals surface area contributed by atoms with Crippen LogP contribution < -0.4 is 5.32 Å². The van der Waals surface area contributed by atoms with E-state index in [2.05, 4.69) is 26.1 Å². The van der Waals surface area contributed by atoms with Crippen molar-refractivity contribution in [3.05, 3.63) is 71.3 Å². The van der Waals surface area contributed by atoms with Gasteiger partial charge in [-0.2, -0.15) is 0 Å². The van der Waals surface area contributed by atoms with Crippen LogP contribution in [0.25, 0.3) is 0 Å². The van der Waals surface area contributed by atoms with Crippen molar-refractivity contribution in [2.45, 2.75) is 104 Å². The van der Waals surface area contributed by atoms with Crippen LogP contribution in [0.5, 0.6) is 0 Å². The summed E-state index contributed by atoms with van der Waals surface area (Å²) >= 11 is 0. The smallest absolute Gasteiger partial charge is 0.429 e. The van der Waals surface area contributed by atoms with Crippen LogP contribution in [0, 0.1) is 5.92 Å². The summed E-state index contributed by atoms with van der Waals surface area (Å²) in [5.74, 6) is -1.15. The predicted octanol–water partition coefficient (Wildman–Crippen LogP) is 5.22. The summed E-state index contributed by atoms with van der Waals surface area (Å²) in [4.78, 5) is 56.0. The van der Waals surface area contributed by atoms with Crippen molar-refractivity contribution in [2.24, 2.45) is 5.92 Å². The molecule has 0 aliphatic carbocycles. The van der Waals surface area contributed by atoms with Gasteiger partial charge in [0.2, 0.25) is 0 Å². The van der Waals surface area contributed by atoms with Crippen molar-refractivity contribution < 1.29 is 33.8 Å². The van der Waals surface area contributed by atoms with E-state index in [1.165, 1.54) is 4.90 Å². The second-order valence-electron chi connectivity index (χ2n) is 14.6. The molecule has 11 heteroatoms. The molecular formula is C35H48N4O7. The number of fused-ring (bicyclic) bond motifs is 1. The Bertz CT molecular complexity index is 1420. The Morgan fingerprint density at radius 1 is 0.957 bits per heavy atom. The molecule has 250 valence electrons. The number of hydrogen-bond acceptors (Lipinski definition) is 7. The van der Waals surface area contributed by atoms with Gasteiger partial charge in [0.1, 0.15) is 24.3 Å². The fourth-order valence-corrected chi connectivity index (χ4v) is 5.81. The molecular weight excluding hydrogens is 588 g/mol. The number of nitrogens with zero attached hydrogens (tertiary/aromatic N) is 3. The van der Waals surface area contributed by atoms with Crippen LogP contribution in [0.3, 0.4) is 0 Å². The molecule has 2 saturated heterocycles. The molecule has 2 fully saturated rings. The zero-order valence-electron chi connectivity index (χ0n) is 28.2. The van der Waals surface area contributed by atoms with Gasteiger partial charge in [0, 0.05) is 18.5 Å². The predicted molar refractivity (Wildman–Crippen MR) is 172 cm³/mol. The van der Waals surface area contributed by atoms with Gasteiger partial charge in [0.05, 0.1) is 6.54 Å². The highest BCUT2D eigenvalue weighted by molar-refractivity contribution is 5.98. The Kier molecular flexibility index (Phi) is 10.1. The monoisotopic (exact) mass is 636 g/mol. The Balaban J connectivity index is 1.61. The summed E-state index contributed by atoms with van der Waals surface area (Å²) in [5.41, 5.74) is -0.695. The lowest BCUT2D eigenvalue weighted by Crippen LogP contribution is -2.62. The average molecular weight is 637 g/mol. The van der Waals surface area contributed by atoms with Crippen molar-refractivity contribution in [2.75, 3.05) is 13.1 Å². The van der Waals surface area contributed by atoms with Crippen LogP contribution in [0.2, 0.25) is 0 Å². The molecule has 0 radical (unpaired) electrons. The molecule has 46 heavy (non-hydrogen) atoms. The highest BCUT2D eigenvalue weighted by Crippen LogP contribution is 2.41. The van der Waals surface area contributed by atoms with Crippen LogP contribution in [0.15, 0.2) is 54.6 Å². The van der Waals surface area contributed by atoms with E-state index in [9.17, 15) is 24.3 Å². The molecule has 0 unspecified atom stereocenters. The lowest BCUT2D eigenvalue weighted by Gasteiger charge is -2.39. The number of hydrogen-bond donors (Lipinski definition) is 2. The van der Waals surface area contributed by atoms with Gasteiger partial charge in [-0.05, 0) is 61.8 Å². The van der Waals surface area contributed by atoms with Crippen molar-refractivity contribution in [3.8, 4) is 0 Å². The summed E-state index contributed by atoms with van der Waals surface area (Å²) in [6.07, 6.45) is -1.31. The summed E-state index contributed by atoms with van der Waals surface area (Å²) in [6, 6.07) is 14.3. The molecule has 0 spiro atoms. The molecule has 2 N–H and O–H groups in total.